The van der Waals surface area contributed by atoms with Crippen molar-refractivity contribution in [3.63, 3.8) is 0 Å². The Bertz CT molecular complexity index is 348. The van der Waals surface area contributed by atoms with Crippen LogP contribution in [0.2, 0.25) is 0 Å². The number of phenols is 1. The van der Waals surface area contributed by atoms with Crippen LogP contribution in [-0.4, -0.2) is 16.2 Å². The minimum absolute atomic E-state index is 0.115. The summed E-state index contributed by atoms with van der Waals surface area (Å²) in [7, 11) is 0. The highest BCUT2D eigenvalue weighted by molar-refractivity contribution is 5.89. The molecule has 0 aliphatic heterocycles. The average Bonchev–Trinajstić information content (AvgIpc) is 2.01. The van der Waals surface area contributed by atoms with E-state index in [0.717, 1.165) is 6.07 Å². The summed E-state index contributed by atoms with van der Waals surface area (Å²) in [4.78, 5) is 10.4. The van der Waals surface area contributed by atoms with Crippen LogP contribution in [0, 0.1) is 18.6 Å². The van der Waals surface area contributed by atoms with Crippen LogP contribution < -0.4 is 0 Å². The molecule has 0 unspecified atom stereocenters. The topological polar surface area (TPSA) is 57.5 Å². The third-order valence-corrected chi connectivity index (χ3v) is 1.58. The van der Waals surface area contributed by atoms with Crippen molar-refractivity contribution < 1.29 is 23.8 Å². The number of halogens is 2. The van der Waals surface area contributed by atoms with E-state index >= 15 is 0 Å². The smallest absolute Gasteiger partial charge is 0.341 e. The van der Waals surface area contributed by atoms with Crippen LogP contribution in [0.25, 0.3) is 0 Å². The number of carbonyl (C=O) groups is 1. The zero-order chi connectivity index (χ0) is 10.2. The van der Waals surface area contributed by atoms with Gasteiger partial charge in [0.25, 0.3) is 0 Å². The van der Waals surface area contributed by atoms with Gasteiger partial charge in [0, 0.05) is 0 Å². The molecule has 3 nitrogen and oxygen atoms in total. The van der Waals surface area contributed by atoms with E-state index in [-0.39, 0.29) is 5.56 Å². The SMILES string of the molecule is Cc1cc(O)c(F)c(C(=O)O)c1F. The van der Waals surface area contributed by atoms with Crippen LogP contribution in [0.5, 0.6) is 5.75 Å². The van der Waals surface area contributed by atoms with Crippen LogP contribution >= 0.6 is 0 Å². The molecular formula is C8H6F2O3. The Morgan fingerprint density at radius 2 is 1.92 bits per heavy atom. The molecule has 13 heavy (non-hydrogen) atoms. The first-order chi connectivity index (χ1) is 5.95. The Labute approximate surface area is 72.2 Å². The Kier molecular flexibility index (Phi) is 2.18. The van der Waals surface area contributed by atoms with Crippen molar-refractivity contribution >= 4 is 5.97 Å². The standard InChI is InChI=1S/C8H6F2O3/c1-3-2-4(11)7(10)5(6(3)9)8(12)13/h2,11H,1H3,(H,12,13). The number of carboxylic acid groups (broad SMARTS) is 1. The van der Waals surface area contributed by atoms with Gasteiger partial charge in [0.15, 0.2) is 11.6 Å². The maximum Gasteiger partial charge on any atom is 0.341 e. The molecule has 1 aromatic rings. The summed E-state index contributed by atoms with van der Waals surface area (Å²) in [6.45, 7) is 1.24. The Morgan fingerprint density at radius 1 is 1.38 bits per heavy atom. The van der Waals surface area contributed by atoms with E-state index in [0.29, 0.717) is 0 Å². The number of phenolic OH excluding ortho intramolecular Hbond substituents is 1. The predicted octanol–water partition coefficient (Wildman–Crippen LogP) is 1.68. The fourth-order valence-electron chi connectivity index (χ4n) is 0.941. The molecule has 1 rings (SSSR count). The van der Waals surface area contributed by atoms with E-state index in [2.05, 4.69) is 0 Å². The van der Waals surface area contributed by atoms with Gasteiger partial charge in [-0.15, -0.1) is 0 Å². The molecule has 0 atom stereocenters. The zero-order valence-corrected chi connectivity index (χ0v) is 6.64. The number of aromatic hydroxyl groups is 1. The van der Waals surface area contributed by atoms with Gasteiger partial charge in [-0.2, -0.15) is 0 Å². The van der Waals surface area contributed by atoms with Crippen LogP contribution in [0.15, 0.2) is 6.07 Å². The zero-order valence-electron chi connectivity index (χ0n) is 6.64. The van der Waals surface area contributed by atoms with Gasteiger partial charge in [-0.25, -0.2) is 13.6 Å². The number of aromatic carboxylic acids is 1. The molecule has 0 amide bonds. The number of hydrogen-bond donors (Lipinski definition) is 2. The number of hydrogen-bond acceptors (Lipinski definition) is 2. The van der Waals surface area contributed by atoms with Gasteiger partial charge in [-0.1, -0.05) is 0 Å². The lowest BCUT2D eigenvalue weighted by Crippen LogP contribution is -2.06. The van der Waals surface area contributed by atoms with Crippen molar-refractivity contribution in [1.82, 2.24) is 0 Å². The summed E-state index contributed by atoms with van der Waals surface area (Å²) < 4.78 is 25.8. The van der Waals surface area contributed by atoms with Crippen molar-refractivity contribution in [3.05, 3.63) is 28.8 Å². The number of aryl methyl sites for hydroxylation is 1. The van der Waals surface area contributed by atoms with Gasteiger partial charge in [-0.3, -0.25) is 0 Å². The lowest BCUT2D eigenvalue weighted by atomic mass is 10.1. The van der Waals surface area contributed by atoms with Crippen molar-refractivity contribution in [3.8, 4) is 5.75 Å². The maximum atomic E-state index is 13.0. The van der Waals surface area contributed by atoms with Crippen molar-refractivity contribution in [2.75, 3.05) is 0 Å². The van der Waals surface area contributed by atoms with Crippen LogP contribution in [0.3, 0.4) is 0 Å². The largest absolute Gasteiger partial charge is 0.505 e. The molecule has 0 aliphatic rings. The minimum Gasteiger partial charge on any atom is -0.505 e. The lowest BCUT2D eigenvalue weighted by molar-refractivity contribution is 0.0685. The summed E-state index contributed by atoms with van der Waals surface area (Å²) in [5.74, 6) is -5.22. The molecule has 5 heteroatoms. The van der Waals surface area contributed by atoms with Gasteiger partial charge < -0.3 is 10.2 Å². The number of carboxylic acids is 1. The third-order valence-electron chi connectivity index (χ3n) is 1.58. The molecule has 0 radical (unpaired) electrons. The summed E-state index contributed by atoms with van der Waals surface area (Å²) >= 11 is 0. The van der Waals surface area contributed by atoms with Gasteiger partial charge >= 0.3 is 5.97 Å². The molecule has 0 fully saturated rings. The summed E-state index contributed by atoms with van der Waals surface area (Å²) in [6.07, 6.45) is 0. The van der Waals surface area contributed by atoms with Crippen LogP contribution in [0.4, 0.5) is 8.78 Å². The molecule has 0 saturated heterocycles. The second-order valence-electron chi connectivity index (χ2n) is 2.52. The third kappa shape index (κ3) is 1.44. The molecule has 0 saturated carbocycles. The molecule has 0 aromatic heterocycles. The minimum atomic E-state index is -1.74. The van der Waals surface area contributed by atoms with E-state index in [1.54, 1.807) is 0 Å². The Balaban J connectivity index is 3.56. The fourth-order valence-corrected chi connectivity index (χ4v) is 0.941. The van der Waals surface area contributed by atoms with Crippen molar-refractivity contribution in [2.24, 2.45) is 0 Å². The summed E-state index contributed by atoms with van der Waals surface area (Å²) in [5.41, 5.74) is -1.24. The molecule has 2 N–H and O–H groups in total. The van der Waals surface area contributed by atoms with E-state index in [1.807, 2.05) is 0 Å². The van der Waals surface area contributed by atoms with Gasteiger partial charge in [0.05, 0.1) is 0 Å². The predicted molar refractivity (Wildman–Crippen MR) is 39.7 cm³/mol. The Hall–Kier alpha value is -1.65. The van der Waals surface area contributed by atoms with E-state index in [1.165, 1.54) is 6.92 Å². The molecule has 1 aromatic carbocycles. The quantitative estimate of drug-likeness (QED) is 0.704. The van der Waals surface area contributed by atoms with Crippen LogP contribution in [-0.2, 0) is 0 Å². The van der Waals surface area contributed by atoms with E-state index < -0.39 is 28.9 Å². The summed E-state index contributed by atoms with van der Waals surface area (Å²) in [6, 6.07) is 0.830. The molecule has 0 aliphatic carbocycles. The Morgan fingerprint density at radius 3 is 2.38 bits per heavy atom. The second-order valence-corrected chi connectivity index (χ2v) is 2.52. The van der Waals surface area contributed by atoms with Gasteiger partial charge in [0.1, 0.15) is 11.4 Å². The first kappa shape index (κ1) is 9.44. The van der Waals surface area contributed by atoms with E-state index in [9.17, 15) is 13.6 Å². The van der Waals surface area contributed by atoms with E-state index in [4.69, 9.17) is 10.2 Å². The normalized spacial score (nSPS) is 10.1. The number of rotatable bonds is 1. The molecule has 0 spiro atoms. The summed E-state index contributed by atoms with van der Waals surface area (Å²) in [5, 5.41) is 17.3. The van der Waals surface area contributed by atoms with Gasteiger partial charge in [-0.05, 0) is 18.6 Å². The van der Waals surface area contributed by atoms with Crippen molar-refractivity contribution in [2.45, 2.75) is 6.92 Å². The monoisotopic (exact) mass is 188 g/mol. The highest BCUT2D eigenvalue weighted by Crippen LogP contribution is 2.24. The number of benzene rings is 1. The fraction of sp³-hybridized carbons (Fsp3) is 0.125. The highest BCUT2D eigenvalue weighted by atomic mass is 19.1. The first-order valence-electron chi connectivity index (χ1n) is 3.36. The van der Waals surface area contributed by atoms with Crippen LogP contribution in [0.1, 0.15) is 15.9 Å². The average molecular weight is 188 g/mol. The first-order valence-corrected chi connectivity index (χ1v) is 3.36. The maximum absolute atomic E-state index is 13.0. The van der Waals surface area contributed by atoms with Gasteiger partial charge in [0.2, 0.25) is 0 Å². The lowest BCUT2D eigenvalue weighted by Gasteiger charge is -2.04. The second kappa shape index (κ2) is 3.01. The van der Waals surface area contributed by atoms with Crippen molar-refractivity contribution in [1.29, 1.82) is 0 Å². The highest BCUT2D eigenvalue weighted by Gasteiger charge is 2.21. The molecule has 0 bridgehead atoms. The molecule has 0 heterocycles. The molecule has 70 valence electrons. The molecular weight excluding hydrogens is 182 g/mol.